The van der Waals surface area contributed by atoms with Gasteiger partial charge in [0.25, 0.3) is 0 Å². The molecule has 0 bridgehead atoms. The molecule has 1 N–H and O–H groups in total. The van der Waals surface area contributed by atoms with Gasteiger partial charge in [0.15, 0.2) is 0 Å². The second kappa shape index (κ2) is 5.64. The van der Waals surface area contributed by atoms with Gasteiger partial charge in [-0.2, -0.15) is 0 Å². The predicted molar refractivity (Wildman–Crippen MR) is 74.6 cm³/mol. The van der Waals surface area contributed by atoms with E-state index in [0.717, 1.165) is 13.1 Å². The molecule has 0 spiro atoms. The van der Waals surface area contributed by atoms with E-state index in [-0.39, 0.29) is 6.03 Å². The molecule has 2 fully saturated rings. The largest absolute Gasteiger partial charge is 0.481 e. The standard InChI is InChI=1S/C14H20N4O2/c1-20-13-6-12(15-9-16-13)17-14(19)18-7-10-4-2-3-5-11(10)8-18/h6,9-11H,2-5,7-8H2,1H3,(H,15,16,17,19)/t10-,11-/m1/s1. The summed E-state index contributed by atoms with van der Waals surface area (Å²) in [7, 11) is 1.54. The van der Waals surface area contributed by atoms with Crippen molar-refractivity contribution in [1.82, 2.24) is 14.9 Å². The molecule has 2 atom stereocenters. The highest BCUT2D eigenvalue weighted by molar-refractivity contribution is 5.88. The molecule has 3 rings (SSSR count). The van der Waals surface area contributed by atoms with Crippen molar-refractivity contribution < 1.29 is 9.53 Å². The molecule has 20 heavy (non-hydrogen) atoms. The molecule has 2 heterocycles. The zero-order valence-corrected chi connectivity index (χ0v) is 11.7. The molecule has 1 saturated heterocycles. The number of amides is 2. The van der Waals surface area contributed by atoms with Gasteiger partial charge in [0.2, 0.25) is 5.88 Å². The molecule has 1 saturated carbocycles. The summed E-state index contributed by atoms with van der Waals surface area (Å²) in [5.74, 6) is 2.31. The number of carbonyl (C=O) groups is 1. The number of rotatable bonds is 2. The second-order valence-electron chi connectivity index (χ2n) is 5.59. The van der Waals surface area contributed by atoms with Crippen LogP contribution in [0.25, 0.3) is 0 Å². The first-order chi connectivity index (χ1) is 9.76. The molecular weight excluding hydrogens is 256 g/mol. The van der Waals surface area contributed by atoms with Crippen LogP contribution in [0.15, 0.2) is 12.4 Å². The third kappa shape index (κ3) is 2.69. The lowest BCUT2D eigenvalue weighted by molar-refractivity contribution is 0.220. The number of nitrogens with zero attached hydrogens (tertiary/aromatic N) is 3. The molecule has 1 aliphatic carbocycles. The Hall–Kier alpha value is -1.85. The smallest absolute Gasteiger partial charge is 0.323 e. The molecule has 2 amide bonds. The highest BCUT2D eigenvalue weighted by Crippen LogP contribution is 2.36. The maximum absolute atomic E-state index is 12.3. The number of likely N-dealkylation sites (tertiary alicyclic amines) is 1. The molecule has 1 aromatic heterocycles. The van der Waals surface area contributed by atoms with E-state index in [1.165, 1.54) is 32.0 Å². The van der Waals surface area contributed by atoms with E-state index in [1.54, 1.807) is 13.2 Å². The van der Waals surface area contributed by atoms with Crippen molar-refractivity contribution in [2.24, 2.45) is 11.8 Å². The molecule has 0 unspecified atom stereocenters. The molecule has 2 aliphatic rings. The minimum Gasteiger partial charge on any atom is -0.481 e. The van der Waals surface area contributed by atoms with Crippen LogP contribution in [-0.2, 0) is 0 Å². The number of carbonyl (C=O) groups excluding carboxylic acids is 1. The van der Waals surface area contributed by atoms with Crippen molar-refractivity contribution in [3.8, 4) is 5.88 Å². The fourth-order valence-corrected chi connectivity index (χ4v) is 3.28. The van der Waals surface area contributed by atoms with E-state index >= 15 is 0 Å². The molecular formula is C14H20N4O2. The van der Waals surface area contributed by atoms with Crippen molar-refractivity contribution in [1.29, 1.82) is 0 Å². The zero-order chi connectivity index (χ0) is 13.9. The molecule has 0 radical (unpaired) electrons. The number of ether oxygens (including phenoxy) is 1. The van der Waals surface area contributed by atoms with Crippen molar-refractivity contribution in [2.45, 2.75) is 25.7 Å². The number of aromatic nitrogens is 2. The Labute approximate surface area is 118 Å². The van der Waals surface area contributed by atoms with E-state index in [0.29, 0.717) is 23.5 Å². The van der Waals surface area contributed by atoms with Crippen molar-refractivity contribution >= 4 is 11.8 Å². The fourth-order valence-electron chi connectivity index (χ4n) is 3.28. The van der Waals surface area contributed by atoms with Gasteiger partial charge in [0, 0.05) is 19.2 Å². The van der Waals surface area contributed by atoms with E-state index in [2.05, 4.69) is 15.3 Å². The van der Waals surface area contributed by atoms with E-state index in [4.69, 9.17) is 4.74 Å². The summed E-state index contributed by atoms with van der Waals surface area (Å²) in [6.07, 6.45) is 6.52. The quantitative estimate of drug-likeness (QED) is 0.898. The number of urea groups is 1. The normalized spacial score (nSPS) is 25.1. The summed E-state index contributed by atoms with van der Waals surface area (Å²) in [5, 5.41) is 2.82. The molecule has 6 nitrogen and oxygen atoms in total. The van der Waals surface area contributed by atoms with Gasteiger partial charge in [-0.25, -0.2) is 14.8 Å². The first-order valence-electron chi connectivity index (χ1n) is 7.18. The SMILES string of the molecule is COc1cc(NC(=O)N2C[C@H]3CCCC[C@@H]3C2)ncn1. The summed E-state index contributed by atoms with van der Waals surface area (Å²) < 4.78 is 5.02. The lowest BCUT2D eigenvalue weighted by Crippen LogP contribution is -2.33. The van der Waals surface area contributed by atoms with Crippen LogP contribution in [0.5, 0.6) is 5.88 Å². The molecule has 1 aromatic rings. The minimum atomic E-state index is -0.0693. The first-order valence-corrected chi connectivity index (χ1v) is 7.18. The topological polar surface area (TPSA) is 67.3 Å². The van der Waals surface area contributed by atoms with Crippen LogP contribution in [0.1, 0.15) is 25.7 Å². The Morgan fingerprint density at radius 1 is 1.30 bits per heavy atom. The number of nitrogens with one attached hydrogen (secondary N) is 1. The summed E-state index contributed by atoms with van der Waals surface area (Å²) >= 11 is 0. The van der Waals surface area contributed by atoms with Gasteiger partial charge in [-0.3, -0.25) is 5.32 Å². The minimum absolute atomic E-state index is 0.0693. The van der Waals surface area contributed by atoms with Crippen molar-refractivity contribution in [3.63, 3.8) is 0 Å². The van der Waals surface area contributed by atoms with Gasteiger partial charge in [0.05, 0.1) is 7.11 Å². The average Bonchev–Trinajstić information content (AvgIpc) is 2.91. The van der Waals surface area contributed by atoms with Crippen LogP contribution in [0.2, 0.25) is 0 Å². The third-order valence-electron chi connectivity index (χ3n) is 4.35. The Kier molecular flexibility index (Phi) is 3.71. The van der Waals surface area contributed by atoms with Crippen molar-refractivity contribution in [2.75, 3.05) is 25.5 Å². The predicted octanol–water partition coefficient (Wildman–Crippen LogP) is 2.14. The number of hydrogen-bond donors (Lipinski definition) is 1. The number of fused-ring (bicyclic) bond motifs is 1. The Balaban J connectivity index is 1.61. The van der Waals surface area contributed by atoms with E-state index in [1.807, 2.05) is 4.90 Å². The number of hydrogen-bond acceptors (Lipinski definition) is 4. The average molecular weight is 276 g/mol. The molecule has 1 aliphatic heterocycles. The summed E-state index contributed by atoms with van der Waals surface area (Å²) in [6, 6.07) is 1.56. The number of anilines is 1. The van der Waals surface area contributed by atoms with Crippen LogP contribution in [0.3, 0.4) is 0 Å². The van der Waals surface area contributed by atoms with Gasteiger partial charge in [0.1, 0.15) is 12.1 Å². The third-order valence-corrected chi connectivity index (χ3v) is 4.35. The molecule has 108 valence electrons. The fraction of sp³-hybridized carbons (Fsp3) is 0.643. The van der Waals surface area contributed by atoms with Gasteiger partial charge in [-0.1, -0.05) is 12.8 Å². The zero-order valence-electron chi connectivity index (χ0n) is 11.7. The Bertz CT molecular complexity index is 480. The van der Waals surface area contributed by atoms with E-state index in [9.17, 15) is 4.79 Å². The maximum Gasteiger partial charge on any atom is 0.323 e. The van der Waals surface area contributed by atoms with Crippen LogP contribution in [0.4, 0.5) is 10.6 Å². The molecule has 0 aromatic carbocycles. The molecule has 6 heteroatoms. The van der Waals surface area contributed by atoms with Crippen LogP contribution in [0, 0.1) is 11.8 Å². The monoisotopic (exact) mass is 276 g/mol. The highest BCUT2D eigenvalue weighted by atomic mass is 16.5. The van der Waals surface area contributed by atoms with Crippen LogP contribution < -0.4 is 10.1 Å². The number of methoxy groups -OCH3 is 1. The van der Waals surface area contributed by atoms with Gasteiger partial charge >= 0.3 is 6.03 Å². The summed E-state index contributed by atoms with van der Waals surface area (Å²) in [5.41, 5.74) is 0. The van der Waals surface area contributed by atoms with E-state index < -0.39 is 0 Å². The Morgan fingerprint density at radius 3 is 2.65 bits per heavy atom. The lowest BCUT2D eigenvalue weighted by atomic mass is 9.82. The summed E-state index contributed by atoms with van der Waals surface area (Å²) in [6.45, 7) is 1.75. The highest BCUT2D eigenvalue weighted by Gasteiger charge is 2.36. The van der Waals surface area contributed by atoms with Gasteiger partial charge in [-0.15, -0.1) is 0 Å². The lowest BCUT2D eigenvalue weighted by Gasteiger charge is -2.22. The van der Waals surface area contributed by atoms with Crippen LogP contribution >= 0.6 is 0 Å². The maximum atomic E-state index is 12.3. The summed E-state index contributed by atoms with van der Waals surface area (Å²) in [4.78, 5) is 22.1. The van der Waals surface area contributed by atoms with Crippen LogP contribution in [-0.4, -0.2) is 41.1 Å². The van der Waals surface area contributed by atoms with Crippen molar-refractivity contribution in [3.05, 3.63) is 12.4 Å². The second-order valence-corrected chi connectivity index (χ2v) is 5.59. The first kappa shape index (κ1) is 13.1. The van der Waals surface area contributed by atoms with Gasteiger partial charge in [-0.05, 0) is 24.7 Å². The Morgan fingerprint density at radius 2 is 2.00 bits per heavy atom. The van der Waals surface area contributed by atoms with Gasteiger partial charge < -0.3 is 9.64 Å².